The van der Waals surface area contributed by atoms with Crippen LogP contribution in [0.2, 0.25) is 0 Å². The predicted molar refractivity (Wildman–Crippen MR) is 118 cm³/mol. The smallest absolute Gasteiger partial charge is 0.262 e. The van der Waals surface area contributed by atoms with Crippen LogP contribution in [0.3, 0.4) is 0 Å². The summed E-state index contributed by atoms with van der Waals surface area (Å²) in [5.41, 5.74) is 0.896. The van der Waals surface area contributed by atoms with E-state index in [-0.39, 0.29) is 28.9 Å². The average molecular weight is 441 g/mol. The van der Waals surface area contributed by atoms with E-state index in [1.54, 1.807) is 4.68 Å². The third-order valence-electron chi connectivity index (χ3n) is 4.24. The van der Waals surface area contributed by atoms with Crippen LogP contribution in [0.15, 0.2) is 46.5 Å². The molecule has 0 bridgehead atoms. The van der Waals surface area contributed by atoms with Crippen LogP contribution in [-0.2, 0) is 16.6 Å². The van der Waals surface area contributed by atoms with E-state index in [9.17, 15) is 9.59 Å². The van der Waals surface area contributed by atoms with Gasteiger partial charge in [-0.15, -0.1) is 21.5 Å². The van der Waals surface area contributed by atoms with Crippen LogP contribution in [0.5, 0.6) is 0 Å². The summed E-state index contributed by atoms with van der Waals surface area (Å²) >= 11 is 2.65. The standard InChI is InChI=1S/C20H20N6O2S2/c1-20(2,3)18-25-24-15(30-18)9-13(27)11-29-19-22-16-14(17(28)23-19)10-21-26(16)12-7-5-4-6-8-12/h4-8,10H,9,11H2,1-3H3,(H,22,23,28). The summed E-state index contributed by atoms with van der Waals surface area (Å²) in [6, 6.07) is 9.47. The van der Waals surface area contributed by atoms with Gasteiger partial charge in [0.2, 0.25) is 0 Å². The van der Waals surface area contributed by atoms with E-state index in [4.69, 9.17) is 0 Å². The van der Waals surface area contributed by atoms with Crippen molar-refractivity contribution in [3.63, 3.8) is 0 Å². The molecule has 3 heterocycles. The number of thioether (sulfide) groups is 1. The summed E-state index contributed by atoms with van der Waals surface area (Å²) in [7, 11) is 0. The Morgan fingerprint density at radius 1 is 1.20 bits per heavy atom. The van der Waals surface area contributed by atoms with Crippen LogP contribution in [0.25, 0.3) is 16.7 Å². The Morgan fingerprint density at radius 3 is 2.67 bits per heavy atom. The first-order valence-corrected chi connectivity index (χ1v) is 11.1. The molecule has 0 fully saturated rings. The minimum Gasteiger partial charge on any atom is -0.301 e. The van der Waals surface area contributed by atoms with Gasteiger partial charge >= 0.3 is 0 Å². The van der Waals surface area contributed by atoms with Crippen molar-refractivity contribution in [3.05, 3.63) is 56.9 Å². The largest absolute Gasteiger partial charge is 0.301 e. The lowest BCUT2D eigenvalue weighted by molar-refractivity contribution is -0.116. The second-order valence-electron chi connectivity index (χ2n) is 7.76. The fraction of sp³-hybridized carbons (Fsp3) is 0.300. The lowest BCUT2D eigenvalue weighted by atomic mass is 9.98. The van der Waals surface area contributed by atoms with E-state index in [2.05, 4.69) is 46.0 Å². The molecule has 0 spiro atoms. The molecule has 0 aliphatic heterocycles. The third-order valence-corrected chi connectivity index (χ3v) is 6.53. The van der Waals surface area contributed by atoms with Crippen molar-refractivity contribution in [1.29, 1.82) is 0 Å². The van der Waals surface area contributed by atoms with Gasteiger partial charge in [0.05, 0.1) is 24.1 Å². The molecule has 0 aliphatic carbocycles. The van der Waals surface area contributed by atoms with Crippen LogP contribution in [-0.4, -0.2) is 41.5 Å². The Morgan fingerprint density at radius 2 is 1.97 bits per heavy atom. The minimum absolute atomic E-state index is 0.00378. The van der Waals surface area contributed by atoms with Gasteiger partial charge in [0.25, 0.3) is 5.56 Å². The minimum atomic E-state index is -0.281. The Balaban J connectivity index is 1.49. The number of carbonyl (C=O) groups is 1. The number of hydrogen-bond acceptors (Lipinski definition) is 8. The molecule has 1 aromatic carbocycles. The molecule has 3 aromatic heterocycles. The topological polar surface area (TPSA) is 106 Å². The number of rotatable bonds is 6. The Labute approximate surface area is 180 Å². The van der Waals surface area contributed by atoms with Crippen molar-refractivity contribution >= 4 is 39.9 Å². The van der Waals surface area contributed by atoms with Crippen LogP contribution in [0.4, 0.5) is 0 Å². The number of aromatic nitrogens is 6. The van der Waals surface area contributed by atoms with Gasteiger partial charge < -0.3 is 4.98 Å². The lowest BCUT2D eigenvalue weighted by Gasteiger charge is -2.12. The molecule has 30 heavy (non-hydrogen) atoms. The molecule has 154 valence electrons. The van der Waals surface area contributed by atoms with E-state index in [1.165, 1.54) is 29.3 Å². The maximum Gasteiger partial charge on any atom is 0.262 e. The second-order valence-corrected chi connectivity index (χ2v) is 9.78. The first-order chi connectivity index (χ1) is 14.3. The number of nitrogens with zero attached hydrogens (tertiary/aromatic N) is 5. The number of fused-ring (bicyclic) bond motifs is 1. The Hall–Kier alpha value is -2.85. The molecule has 0 unspecified atom stereocenters. The number of nitrogens with one attached hydrogen (secondary N) is 1. The summed E-state index contributed by atoms with van der Waals surface area (Å²) in [6.07, 6.45) is 1.71. The van der Waals surface area contributed by atoms with Crippen LogP contribution in [0, 0.1) is 0 Å². The number of para-hydroxylation sites is 1. The third kappa shape index (κ3) is 4.34. The fourth-order valence-electron chi connectivity index (χ4n) is 2.72. The van der Waals surface area contributed by atoms with E-state index in [0.717, 1.165) is 10.7 Å². The zero-order valence-electron chi connectivity index (χ0n) is 16.7. The molecule has 1 N–H and O–H groups in total. The van der Waals surface area contributed by atoms with E-state index >= 15 is 0 Å². The monoisotopic (exact) mass is 440 g/mol. The van der Waals surface area contributed by atoms with Gasteiger partial charge in [0.15, 0.2) is 10.8 Å². The van der Waals surface area contributed by atoms with Gasteiger partial charge in [0.1, 0.15) is 21.2 Å². The highest BCUT2D eigenvalue weighted by Gasteiger charge is 2.20. The Bertz CT molecular complexity index is 1250. The van der Waals surface area contributed by atoms with E-state index in [0.29, 0.717) is 21.2 Å². The van der Waals surface area contributed by atoms with Crippen molar-refractivity contribution in [2.24, 2.45) is 0 Å². The number of H-pyrrole nitrogens is 1. The number of ketones is 1. The number of hydrogen-bond donors (Lipinski definition) is 1. The van der Waals surface area contributed by atoms with Crippen LogP contribution < -0.4 is 5.56 Å². The molecule has 4 aromatic rings. The molecule has 0 radical (unpaired) electrons. The molecule has 0 saturated heterocycles. The SMILES string of the molecule is CC(C)(C)c1nnc(CC(=O)CSc2nc3c(cnn3-c3ccccc3)c(=O)[nH]2)s1. The number of carbonyl (C=O) groups excluding carboxylic acids is 1. The molecule has 8 nitrogen and oxygen atoms in total. The fourth-order valence-corrected chi connectivity index (χ4v) is 4.36. The number of benzene rings is 1. The van der Waals surface area contributed by atoms with Crippen molar-refractivity contribution in [1.82, 2.24) is 29.9 Å². The van der Waals surface area contributed by atoms with Gasteiger partial charge in [0, 0.05) is 5.41 Å². The van der Waals surface area contributed by atoms with Crippen molar-refractivity contribution in [2.75, 3.05) is 5.75 Å². The lowest BCUT2D eigenvalue weighted by Crippen LogP contribution is -2.11. The molecular formula is C20H20N6O2S2. The van der Waals surface area contributed by atoms with Crippen molar-refractivity contribution in [2.45, 2.75) is 37.8 Å². The summed E-state index contributed by atoms with van der Waals surface area (Å²) in [6.45, 7) is 6.19. The molecule has 4 rings (SSSR count). The highest BCUT2D eigenvalue weighted by atomic mass is 32.2. The summed E-state index contributed by atoms with van der Waals surface area (Å²) in [5.74, 6) is 0.175. The summed E-state index contributed by atoms with van der Waals surface area (Å²) < 4.78 is 1.62. The second kappa shape index (κ2) is 8.11. The molecule has 10 heteroatoms. The van der Waals surface area contributed by atoms with Gasteiger partial charge in [-0.1, -0.05) is 50.7 Å². The first kappa shape index (κ1) is 20.4. The molecular weight excluding hydrogens is 420 g/mol. The zero-order valence-corrected chi connectivity index (χ0v) is 18.4. The zero-order chi connectivity index (χ0) is 21.3. The van der Waals surface area contributed by atoms with Crippen molar-refractivity contribution in [3.8, 4) is 5.69 Å². The van der Waals surface area contributed by atoms with Gasteiger partial charge in [-0.2, -0.15) is 5.10 Å². The highest BCUT2D eigenvalue weighted by molar-refractivity contribution is 7.99. The predicted octanol–water partition coefficient (Wildman–Crippen LogP) is 3.16. The molecule has 0 saturated carbocycles. The Kier molecular flexibility index (Phi) is 5.52. The maximum atomic E-state index is 12.4. The summed E-state index contributed by atoms with van der Waals surface area (Å²) in [5, 5.41) is 15.0. The van der Waals surface area contributed by atoms with Gasteiger partial charge in [-0.3, -0.25) is 9.59 Å². The van der Waals surface area contributed by atoms with E-state index < -0.39 is 0 Å². The maximum absolute atomic E-state index is 12.4. The average Bonchev–Trinajstić information content (AvgIpc) is 3.34. The van der Waals surface area contributed by atoms with E-state index in [1.807, 2.05) is 30.3 Å². The molecule has 0 amide bonds. The molecule has 0 atom stereocenters. The van der Waals surface area contributed by atoms with Gasteiger partial charge in [-0.05, 0) is 12.1 Å². The highest BCUT2D eigenvalue weighted by Crippen LogP contribution is 2.26. The number of Topliss-reactive ketones (excluding diaryl/α,β-unsaturated/α-hetero) is 1. The van der Waals surface area contributed by atoms with Gasteiger partial charge in [-0.25, -0.2) is 9.67 Å². The first-order valence-electron chi connectivity index (χ1n) is 9.32. The normalized spacial score (nSPS) is 11.8. The molecule has 0 aliphatic rings. The van der Waals surface area contributed by atoms with Crippen molar-refractivity contribution < 1.29 is 4.79 Å². The number of aromatic amines is 1. The van der Waals surface area contributed by atoms with Crippen LogP contribution in [0.1, 0.15) is 30.8 Å². The quantitative estimate of drug-likeness (QED) is 0.362. The van der Waals surface area contributed by atoms with Crippen LogP contribution >= 0.6 is 23.1 Å². The summed E-state index contributed by atoms with van der Waals surface area (Å²) in [4.78, 5) is 32.1.